The number of amides is 1. The minimum atomic E-state index is -0.0738. The van der Waals surface area contributed by atoms with Crippen LogP contribution < -0.4 is 0 Å². The number of likely N-dealkylation sites (tertiary alicyclic amines) is 1. The molecule has 2 aliphatic heterocycles. The van der Waals surface area contributed by atoms with Crippen molar-refractivity contribution in [1.29, 1.82) is 0 Å². The van der Waals surface area contributed by atoms with Crippen LogP contribution in [0.1, 0.15) is 12.8 Å². The van der Waals surface area contributed by atoms with Crippen molar-refractivity contribution in [3.05, 3.63) is 10.6 Å². The molecule has 0 spiro atoms. The number of aliphatic hydroxyl groups is 1. The maximum absolute atomic E-state index is 12.3. The molecule has 0 saturated carbocycles. The second-order valence-electron chi connectivity index (χ2n) is 4.83. The van der Waals surface area contributed by atoms with Gasteiger partial charge in [-0.2, -0.15) is 0 Å². The van der Waals surface area contributed by atoms with Crippen LogP contribution in [0.5, 0.6) is 0 Å². The van der Waals surface area contributed by atoms with Crippen LogP contribution in [0.3, 0.4) is 0 Å². The molecule has 2 heterocycles. The Morgan fingerprint density at radius 3 is 2.71 bits per heavy atom. The summed E-state index contributed by atoms with van der Waals surface area (Å²) >= 11 is 3.46. The Labute approximate surface area is 110 Å². The first-order valence-corrected chi connectivity index (χ1v) is 6.90. The fraction of sp³-hybridized carbons (Fsp3) is 0.750. The molecule has 2 unspecified atom stereocenters. The lowest BCUT2D eigenvalue weighted by Crippen LogP contribution is -2.46. The normalized spacial score (nSPS) is 30.5. The number of carbonyl (C=O) groups is 1. The van der Waals surface area contributed by atoms with Gasteiger partial charge in [0.05, 0.1) is 18.6 Å². The van der Waals surface area contributed by atoms with Crippen molar-refractivity contribution in [2.45, 2.75) is 18.9 Å². The Balaban J connectivity index is 2.07. The molecule has 2 aliphatic rings. The van der Waals surface area contributed by atoms with Crippen molar-refractivity contribution in [3.63, 3.8) is 0 Å². The number of nitrogens with zero attached hydrogens (tertiary/aromatic N) is 2. The predicted octanol–water partition coefficient (Wildman–Crippen LogP) is 0.810. The van der Waals surface area contributed by atoms with E-state index in [1.165, 1.54) is 0 Å². The third-order valence-corrected chi connectivity index (χ3v) is 4.40. The topological polar surface area (TPSA) is 43.8 Å². The maximum Gasteiger partial charge on any atom is 0.230 e. The number of rotatable bonds is 2. The van der Waals surface area contributed by atoms with Gasteiger partial charge in [0.2, 0.25) is 5.91 Å². The Morgan fingerprint density at radius 2 is 2.18 bits per heavy atom. The third-order valence-electron chi connectivity index (χ3n) is 3.60. The average molecular weight is 303 g/mol. The highest BCUT2D eigenvalue weighted by Gasteiger charge is 2.32. The van der Waals surface area contributed by atoms with Gasteiger partial charge in [0.15, 0.2) is 0 Å². The standard InChI is InChI=1S/C12H19BrN2O2/c1-14-7-9(6-10(13)11(14)8-16)12(17)15-4-2-3-5-15/h6,9,11,16H,2-5,7-8H2,1H3. The molecular formula is C12H19BrN2O2. The molecule has 0 aromatic rings. The van der Waals surface area contributed by atoms with E-state index in [9.17, 15) is 9.90 Å². The van der Waals surface area contributed by atoms with Gasteiger partial charge in [-0.1, -0.05) is 22.0 Å². The van der Waals surface area contributed by atoms with E-state index in [2.05, 4.69) is 15.9 Å². The van der Waals surface area contributed by atoms with E-state index in [-0.39, 0.29) is 24.5 Å². The van der Waals surface area contributed by atoms with Crippen LogP contribution in [-0.2, 0) is 4.79 Å². The lowest BCUT2D eigenvalue weighted by Gasteiger charge is -2.35. The summed E-state index contributed by atoms with van der Waals surface area (Å²) in [6.07, 6.45) is 4.21. The van der Waals surface area contributed by atoms with Crippen molar-refractivity contribution >= 4 is 21.8 Å². The van der Waals surface area contributed by atoms with Crippen molar-refractivity contribution < 1.29 is 9.90 Å². The van der Waals surface area contributed by atoms with Crippen LogP contribution in [0.25, 0.3) is 0 Å². The lowest BCUT2D eigenvalue weighted by atomic mass is 10.00. The number of hydrogen-bond donors (Lipinski definition) is 1. The summed E-state index contributed by atoms with van der Waals surface area (Å²) in [6.45, 7) is 2.57. The zero-order valence-electron chi connectivity index (χ0n) is 10.1. The minimum absolute atomic E-state index is 0.00220. The van der Waals surface area contributed by atoms with E-state index >= 15 is 0 Å². The monoisotopic (exact) mass is 302 g/mol. The van der Waals surface area contributed by atoms with Crippen molar-refractivity contribution in [1.82, 2.24) is 9.80 Å². The summed E-state index contributed by atoms with van der Waals surface area (Å²) in [7, 11) is 1.94. The molecular weight excluding hydrogens is 284 g/mol. The van der Waals surface area contributed by atoms with Gasteiger partial charge in [-0.05, 0) is 19.9 Å². The molecule has 1 amide bonds. The SMILES string of the molecule is CN1CC(C(=O)N2CCCC2)C=C(Br)C1CO. The molecule has 0 aliphatic carbocycles. The fourth-order valence-corrected chi connectivity index (χ4v) is 3.37. The average Bonchev–Trinajstić information content (AvgIpc) is 2.81. The molecule has 0 aromatic heterocycles. The molecule has 2 atom stereocenters. The second kappa shape index (κ2) is 5.50. The Kier molecular flexibility index (Phi) is 4.22. The highest BCUT2D eigenvalue weighted by molar-refractivity contribution is 9.11. The van der Waals surface area contributed by atoms with Gasteiger partial charge in [-0.25, -0.2) is 0 Å². The molecule has 0 aromatic carbocycles. The first-order chi connectivity index (χ1) is 8.13. The quantitative estimate of drug-likeness (QED) is 0.821. The number of aliphatic hydroxyl groups excluding tert-OH is 1. The second-order valence-corrected chi connectivity index (χ2v) is 5.74. The molecule has 1 N–H and O–H groups in total. The molecule has 5 heteroatoms. The predicted molar refractivity (Wildman–Crippen MR) is 69.8 cm³/mol. The van der Waals surface area contributed by atoms with E-state index < -0.39 is 0 Å². The molecule has 2 rings (SSSR count). The maximum atomic E-state index is 12.3. The third kappa shape index (κ3) is 2.72. The van der Waals surface area contributed by atoms with E-state index in [1.54, 1.807) is 0 Å². The summed E-state index contributed by atoms with van der Waals surface area (Å²) < 4.78 is 0.922. The largest absolute Gasteiger partial charge is 0.394 e. The van der Waals surface area contributed by atoms with Gasteiger partial charge in [0, 0.05) is 24.1 Å². The summed E-state index contributed by atoms with van der Waals surface area (Å²) in [6, 6.07) is -0.00220. The molecule has 4 nitrogen and oxygen atoms in total. The summed E-state index contributed by atoms with van der Waals surface area (Å²) in [5, 5.41) is 9.26. The van der Waals surface area contributed by atoms with Crippen LogP contribution in [0.2, 0.25) is 0 Å². The summed E-state index contributed by atoms with van der Waals surface area (Å²) in [5.74, 6) is 0.151. The molecule has 17 heavy (non-hydrogen) atoms. The van der Waals surface area contributed by atoms with Gasteiger partial charge >= 0.3 is 0 Å². The van der Waals surface area contributed by atoms with Gasteiger partial charge in [0.1, 0.15) is 0 Å². The fourth-order valence-electron chi connectivity index (χ4n) is 2.55. The molecule has 96 valence electrons. The van der Waals surface area contributed by atoms with Gasteiger partial charge in [0.25, 0.3) is 0 Å². The molecule has 0 radical (unpaired) electrons. The summed E-state index contributed by atoms with van der Waals surface area (Å²) in [4.78, 5) is 16.2. The van der Waals surface area contributed by atoms with E-state index in [0.29, 0.717) is 6.54 Å². The highest BCUT2D eigenvalue weighted by Crippen LogP contribution is 2.26. The number of likely N-dealkylation sites (N-methyl/N-ethyl adjacent to an activating group) is 1. The Hall–Kier alpha value is -0.390. The van der Waals surface area contributed by atoms with Crippen LogP contribution in [-0.4, -0.2) is 60.1 Å². The number of carbonyl (C=O) groups excluding carboxylic acids is 1. The van der Waals surface area contributed by atoms with E-state index in [4.69, 9.17) is 0 Å². The van der Waals surface area contributed by atoms with Crippen molar-refractivity contribution in [2.75, 3.05) is 33.3 Å². The van der Waals surface area contributed by atoms with Crippen molar-refractivity contribution in [3.8, 4) is 0 Å². The van der Waals surface area contributed by atoms with Crippen LogP contribution in [0, 0.1) is 5.92 Å². The first kappa shape index (κ1) is 13.1. The molecule has 0 bridgehead atoms. The zero-order valence-corrected chi connectivity index (χ0v) is 11.7. The van der Waals surface area contributed by atoms with E-state index in [1.807, 2.05) is 22.9 Å². The molecule has 1 saturated heterocycles. The first-order valence-electron chi connectivity index (χ1n) is 6.10. The Bertz CT molecular complexity index is 326. The highest BCUT2D eigenvalue weighted by atomic mass is 79.9. The minimum Gasteiger partial charge on any atom is -0.394 e. The molecule has 1 fully saturated rings. The van der Waals surface area contributed by atoms with Crippen LogP contribution in [0.4, 0.5) is 0 Å². The smallest absolute Gasteiger partial charge is 0.230 e. The van der Waals surface area contributed by atoms with E-state index in [0.717, 1.165) is 30.4 Å². The van der Waals surface area contributed by atoms with Gasteiger partial charge in [-0.15, -0.1) is 0 Å². The zero-order chi connectivity index (χ0) is 12.4. The van der Waals surface area contributed by atoms with Gasteiger partial charge in [-0.3, -0.25) is 9.69 Å². The van der Waals surface area contributed by atoms with Crippen LogP contribution >= 0.6 is 15.9 Å². The van der Waals surface area contributed by atoms with Crippen LogP contribution in [0.15, 0.2) is 10.6 Å². The Morgan fingerprint density at radius 1 is 1.53 bits per heavy atom. The number of hydrogen-bond acceptors (Lipinski definition) is 3. The van der Waals surface area contributed by atoms with Gasteiger partial charge < -0.3 is 10.0 Å². The number of halogens is 1. The lowest BCUT2D eigenvalue weighted by molar-refractivity contribution is -0.133. The summed E-state index contributed by atoms with van der Waals surface area (Å²) in [5.41, 5.74) is 0. The van der Waals surface area contributed by atoms with Crippen molar-refractivity contribution in [2.24, 2.45) is 5.92 Å².